The predicted molar refractivity (Wildman–Crippen MR) is 70.7 cm³/mol. The van der Waals surface area contributed by atoms with Crippen molar-refractivity contribution in [1.29, 1.82) is 0 Å². The molecule has 2 atom stereocenters. The minimum Gasteiger partial charge on any atom is -0.338 e. The standard InChI is InChI=1S/C13H15F2N3O3/c1-7(16)8-2-3-17(6-8)13(19)9-4-10(14)11(15)5-12(9)18(20)21/h4-5,7-8H,2-3,6,16H2,1H3. The van der Waals surface area contributed by atoms with Crippen LogP contribution in [0.15, 0.2) is 12.1 Å². The molecule has 8 heteroatoms. The first kappa shape index (κ1) is 15.3. The van der Waals surface area contributed by atoms with Gasteiger partial charge in [0.25, 0.3) is 11.6 Å². The molecule has 1 aromatic rings. The van der Waals surface area contributed by atoms with Gasteiger partial charge in [0.05, 0.1) is 11.0 Å². The van der Waals surface area contributed by atoms with Crippen LogP contribution in [-0.2, 0) is 0 Å². The molecule has 21 heavy (non-hydrogen) atoms. The number of carbonyl (C=O) groups is 1. The minimum absolute atomic E-state index is 0.0956. The van der Waals surface area contributed by atoms with Crippen LogP contribution in [0.3, 0.4) is 0 Å². The fourth-order valence-corrected chi connectivity index (χ4v) is 2.43. The quantitative estimate of drug-likeness (QED) is 0.679. The number of amides is 1. The van der Waals surface area contributed by atoms with Crippen molar-refractivity contribution in [3.8, 4) is 0 Å². The van der Waals surface area contributed by atoms with Gasteiger partial charge in [0.2, 0.25) is 0 Å². The fraction of sp³-hybridized carbons (Fsp3) is 0.462. The van der Waals surface area contributed by atoms with E-state index in [9.17, 15) is 23.7 Å². The Morgan fingerprint density at radius 1 is 1.48 bits per heavy atom. The number of nitrogens with two attached hydrogens (primary N) is 1. The van der Waals surface area contributed by atoms with Crippen molar-refractivity contribution in [3.05, 3.63) is 39.4 Å². The Hall–Kier alpha value is -2.09. The maximum absolute atomic E-state index is 13.3. The van der Waals surface area contributed by atoms with Gasteiger partial charge in [-0.3, -0.25) is 14.9 Å². The minimum atomic E-state index is -1.35. The van der Waals surface area contributed by atoms with Crippen LogP contribution in [0.1, 0.15) is 23.7 Å². The van der Waals surface area contributed by atoms with E-state index < -0.39 is 33.7 Å². The average Bonchev–Trinajstić information content (AvgIpc) is 2.90. The molecule has 0 spiro atoms. The number of benzene rings is 1. The molecule has 2 unspecified atom stereocenters. The Bertz CT molecular complexity index is 592. The molecule has 0 saturated carbocycles. The lowest BCUT2D eigenvalue weighted by atomic mass is 10.0. The van der Waals surface area contributed by atoms with E-state index in [-0.39, 0.29) is 12.0 Å². The summed E-state index contributed by atoms with van der Waals surface area (Å²) in [6.45, 7) is 2.56. The number of halogens is 2. The third kappa shape index (κ3) is 2.99. The Balaban J connectivity index is 2.31. The lowest BCUT2D eigenvalue weighted by molar-refractivity contribution is -0.385. The number of carbonyl (C=O) groups excluding carboxylic acids is 1. The molecule has 114 valence electrons. The molecule has 0 radical (unpaired) electrons. The van der Waals surface area contributed by atoms with Crippen LogP contribution in [0.25, 0.3) is 0 Å². The predicted octanol–water partition coefficient (Wildman–Crippen LogP) is 1.68. The highest BCUT2D eigenvalue weighted by Crippen LogP contribution is 2.27. The second kappa shape index (κ2) is 5.72. The zero-order valence-electron chi connectivity index (χ0n) is 11.4. The van der Waals surface area contributed by atoms with Crippen LogP contribution in [0.5, 0.6) is 0 Å². The molecule has 1 amide bonds. The zero-order valence-corrected chi connectivity index (χ0v) is 11.4. The van der Waals surface area contributed by atoms with Crippen molar-refractivity contribution in [3.63, 3.8) is 0 Å². The van der Waals surface area contributed by atoms with Gasteiger partial charge in [0, 0.05) is 19.1 Å². The van der Waals surface area contributed by atoms with Gasteiger partial charge < -0.3 is 10.6 Å². The molecule has 1 fully saturated rings. The summed E-state index contributed by atoms with van der Waals surface area (Å²) in [6, 6.07) is 0.902. The number of nitro benzene ring substituents is 1. The monoisotopic (exact) mass is 299 g/mol. The Morgan fingerprint density at radius 2 is 2.10 bits per heavy atom. The van der Waals surface area contributed by atoms with E-state index in [0.717, 1.165) is 0 Å². The SMILES string of the molecule is CC(N)C1CCN(C(=O)c2cc(F)c(F)cc2[N+](=O)[O-])C1. The Kier molecular flexibility index (Phi) is 4.17. The summed E-state index contributed by atoms with van der Waals surface area (Å²) >= 11 is 0. The number of nitro groups is 1. The second-order valence-electron chi connectivity index (χ2n) is 5.20. The van der Waals surface area contributed by atoms with Crippen molar-refractivity contribution in [2.45, 2.75) is 19.4 Å². The van der Waals surface area contributed by atoms with Gasteiger partial charge in [0.1, 0.15) is 5.56 Å². The third-order valence-electron chi connectivity index (χ3n) is 3.72. The van der Waals surface area contributed by atoms with Crippen molar-refractivity contribution in [2.75, 3.05) is 13.1 Å². The number of hydrogen-bond acceptors (Lipinski definition) is 4. The van der Waals surface area contributed by atoms with Crippen LogP contribution in [0.4, 0.5) is 14.5 Å². The highest BCUT2D eigenvalue weighted by Gasteiger charge is 2.33. The van der Waals surface area contributed by atoms with Gasteiger partial charge in [-0.1, -0.05) is 0 Å². The van der Waals surface area contributed by atoms with Gasteiger partial charge in [-0.2, -0.15) is 0 Å². The fourth-order valence-electron chi connectivity index (χ4n) is 2.43. The van der Waals surface area contributed by atoms with Crippen LogP contribution in [0.2, 0.25) is 0 Å². The van der Waals surface area contributed by atoms with Crippen LogP contribution >= 0.6 is 0 Å². The molecule has 0 aromatic heterocycles. The van der Waals surface area contributed by atoms with E-state index in [2.05, 4.69) is 0 Å². The van der Waals surface area contributed by atoms with Gasteiger partial charge in [-0.25, -0.2) is 8.78 Å². The summed E-state index contributed by atoms with van der Waals surface area (Å²) in [6.07, 6.45) is 0.681. The molecule has 1 heterocycles. The van der Waals surface area contributed by atoms with Crippen molar-refractivity contribution in [1.82, 2.24) is 4.90 Å². The Labute approximate surface area is 119 Å². The van der Waals surface area contributed by atoms with Crippen molar-refractivity contribution in [2.24, 2.45) is 11.7 Å². The van der Waals surface area contributed by atoms with Crippen molar-refractivity contribution >= 4 is 11.6 Å². The Morgan fingerprint density at radius 3 is 2.62 bits per heavy atom. The molecule has 2 rings (SSSR count). The maximum Gasteiger partial charge on any atom is 0.285 e. The number of hydrogen-bond donors (Lipinski definition) is 1. The highest BCUT2D eigenvalue weighted by atomic mass is 19.2. The van der Waals surface area contributed by atoms with Crippen molar-refractivity contribution < 1.29 is 18.5 Å². The molecular formula is C13H15F2N3O3. The number of rotatable bonds is 3. The molecule has 2 N–H and O–H groups in total. The summed E-state index contributed by atoms with van der Waals surface area (Å²) in [5.74, 6) is -3.22. The number of likely N-dealkylation sites (tertiary alicyclic amines) is 1. The normalized spacial score (nSPS) is 19.6. The molecule has 0 aliphatic carbocycles. The topological polar surface area (TPSA) is 89.5 Å². The second-order valence-corrected chi connectivity index (χ2v) is 5.20. The van der Waals surface area contributed by atoms with E-state index >= 15 is 0 Å². The summed E-state index contributed by atoms with van der Waals surface area (Å²) in [5, 5.41) is 10.9. The highest BCUT2D eigenvalue weighted by molar-refractivity contribution is 5.98. The summed E-state index contributed by atoms with van der Waals surface area (Å²) in [4.78, 5) is 23.7. The first-order chi connectivity index (χ1) is 9.81. The van der Waals surface area contributed by atoms with E-state index in [1.54, 1.807) is 0 Å². The largest absolute Gasteiger partial charge is 0.338 e. The van der Waals surface area contributed by atoms with E-state index in [1.165, 1.54) is 4.90 Å². The molecular weight excluding hydrogens is 284 g/mol. The first-order valence-corrected chi connectivity index (χ1v) is 6.49. The molecule has 6 nitrogen and oxygen atoms in total. The van der Waals surface area contributed by atoms with Crippen LogP contribution in [-0.4, -0.2) is 34.9 Å². The van der Waals surface area contributed by atoms with E-state index in [0.29, 0.717) is 31.6 Å². The lowest BCUT2D eigenvalue weighted by Crippen LogP contribution is -2.33. The molecule has 1 aliphatic rings. The molecule has 1 aliphatic heterocycles. The van der Waals surface area contributed by atoms with Gasteiger partial charge in [-0.05, 0) is 25.3 Å². The summed E-state index contributed by atoms with van der Waals surface area (Å²) in [5.41, 5.74) is 4.59. The summed E-state index contributed by atoms with van der Waals surface area (Å²) in [7, 11) is 0. The van der Waals surface area contributed by atoms with Crippen LogP contribution < -0.4 is 5.73 Å². The lowest BCUT2D eigenvalue weighted by Gasteiger charge is -2.18. The third-order valence-corrected chi connectivity index (χ3v) is 3.72. The van der Waals surface area contributed by atoms with E-state index in [4.69, 9.17) is 5.73 Å². The molecule has 1 saturated heterocycles. The molecule has 1 aromatic carbocycles. The van der Waals surface area contributed by atoms with E-state index in [1.807, 2.05) is 6.92 Å². The first-order valence-electron chi connectivity index (χ1n) is 6.49. The van der Waals surface area contributed by atoms with Gasteiger partial charge in [-0.15, -0.1) is 0 Å². The van der Waals surface area contributed by atoms with Gasteiger partial charge >= 0.3 is 0 Å². The summed E-state index contributed by atoms with van der Waals surface area (Å²) < 4.78 is 26.4. The number of nitrogens with zero attached hydrogens (tertiary/aromatic N) is 2. The smallest absolute Gasteiger partial charge is 0.285 e. The average molecular weight is 299 g/mol. The molecule has 0 bridgehead atoms. The maximum atomic E-state index is 13.3. The van der Waals surface area contributed by atoms with Gasteiger partial charge in [0.15, 0.2) is 11.6 Å². The zero-order chi connectivity index (χ0) is 15.7. The van der Waals surface area contributed by atoms with Crippen LogP contribution in [0, 0.1) is 27.7 Å².